The summed E-state index contributed by atoms with van der Waals surface area (Å²) in [4.78, 5) is 19.1. The molecule has 31 heavy (non-hydrogen) atoms. The number of methoxy groups -OCH3 is 1. The van der Waals surface area contributed by atoms with Crippen molar-refractivity contribution in [2.24, 2.45) is 5.92 Å². The van der Waals surface area contributed by atoms with E-state index >= 15 is 0 Å². The number of anilines is 1. The molecule has 2 saturated heterocycles. The highest BCUT2D eigenvalue weighted by Crippen LogP contribution is 2.27. The summed E-state index contributed by atoms with van der Waals surface area (Å²) in [5.41, 5.74) is 0.618. The fourth-order valence-electron chi connectivity index (χ4n) is 4.13. The SMILES string of the molecule is COc1cccc(Oc2ccc(NC(=O)C3CCN(C4CCS(=O)(=O)C4)CC3)cn2)c1. The number of rotatable bonds is 6. The summed E-state index contributed by atoms with van der Waals surface area (Å²) >= 11 is 0. The molecule has 0 radical (unpaired) electrons. The predicted molar refractivity (Wildman–Crippen MR) is 117 cm³/mol. The number of hydrogen-bond acceptors (Lipinski definition) is 7. The molecule has 0 aliphatic carbocycles. The van der Waals surface area contributed by atoms with Gasteiger partial charge in [0.2, 0.25) is 11.8 Å². The van der Waals surface area contributed by atoms with Gasteiger partial charge in [0.1, 0.15) is 11.5 Å². The Morgan fingerprint density at radius 3 is 2.55 bits per heavy atom. The molecular weight excluding hydrogens is 418 g/mol. The van der Waals surface area contributed by atoms with E-state index in [2.05, 4.69) is 15.2 Å². The van der Waals surface area contributed by atoms with Gasteiger partial charge in [-0.05, 0) is 50.6 Å². The Kier molecular flexibility index (Phi) is 6.43. The quantitative estimate of drug-likeness (QED) is 0.730. The van der Waals surface area contributed by atoms with Gasteiger partial charge >= 0.3 is 0 Å². The van der Waals surface area contributed by atoms with Crippen LogP contribution in [0.3, 0.4) is 0 Å². The van der Waals surface area contributed by atoms with Crippen LogP contribution in [0.1, 0.15) is 19.3 Å². The zero-order valence-corrected chi connectivity index (χ0v) is 18.3. The molecule has 1 N–H and O–H groups in total. The van der Waals surface area contributed by atoms with Gasteiger partial charge in [0.15, 0.2) is 9.84 Å². The van der Waals surface area contributed by atoms with Crippen LogP contribution >= 0.6 is 0 Å². The maximum absolute atomic E-state index is 12.6. The molecule has 0 bridgehead atoms. The molecule has 1 aromatic carbocycles. The Balaban J connectivity index is 1.27. The fraction of sp³-hybridized carbons (Fsp3) is 0.455. The second-order valence-electron chi connectivity index (χ2n) is 8.02. The van der Waals surface area contributed by atoms with E-state index in [1.54, 1.807) is 31.5 Å². The van der Waals surface area contributed by atoms with E-state index < -0.39 is 9.84 Å². The summed E-state index contributed by atoms with van der Waals surface area (Å²) in [5.74, 6) is 2.16. The van der Waals surface area contributed by atoms with Crippen molar-refractivity contribution < 1.29 is 22.7 Å². The van der Waals surface area contributed by atoms with Crippen molar-refractivity contribution in [1.29, 1.82) is 0 Å². The summed E-state index contributed by atoms with van der Waals surface area (Å²) < 4.78 is 34.3. The van der Waals surface area contributed by atoms with Crippen LogP contribution in [-0.4, -0.2) is 62.0 Å². The van der Waals surface area contributed by atoms with Crippen LogP contribution in [0.5, 0.6) is 17.4 Å². The molecule has 4 rings (SSSR count). The number of amides is 1. The van der Waals surface area contributed by atoms with E-state index in [0.717, 1.165) is 25.9 Å². The van der Waals surface area contributed by atoms with Gasteiger partial charge < -0.3 is 14.8 Å². The van der Waals surface area contributed by atoms with Gasteiger partial charge in [-0.25, -0.2) is 13.4 Å². The molecular formula is C22H27N3O5S. The van der Waals surface area contributed by atoms with Crippen molar-refractivity contribution in [2.45, 2.75) is 25.3 Å². The third kappa shape index (κ3) is 5.54. The number of hydrogen-bond donors (Lipinski definition) is 1. The minimum atomic E-state index is -2.89. The van der Waals surface area contributed by atoms with E-state index in [1.807, 2.05) is 18.2 Å². The van der Waals surface area contributed by atoms with Crippen molar-refractivity contribution in [3.8, 4) is 17.4 Å². The van der Waals surface area contributed by atoms with Gasteiger partial charge in [-0.2, -0.15) is 0 Å². The lowest BCUT2D eigenvalue weighted by molar-refractivity contribution is -0.121. The second kappa shape index (κ2) is 9.23. The number of likely N-dealkylation sites (tertiary alicyclic amines) is 1. The maximum atomic E-state index is 12.6. The fourth-order valence-corrected chi connectivity index (χ4v) is 5.90. The third-order valence-corrected chi connectivity index (χ3v) is 7.64. The van der Waals surface area contributed by atoms with Crippen LogP contribution in [0.25, 0.3) is 0 Å². The lowest BCUT2D eigenvalue weighted by atomic mass is 9.94. The van der Waals surface area contributed by atoms with Gasteiger partial charge in [0, 0.05) is 24.1 Å². The van der Waals surface area contributed by atoms with E-state index in [9.17, 15) is 13.2 Å². The Labute approximate surface area is 182 Å². The molecule has 1 unspecified atom stereocenters. The summed E-state index contributed by atoms with van der Waals surface area (Å²) in [7, 11) is -1.29. The smallest absolute Gasteiger partial charge is 0.227 e. The predicted octanol–water partition coefficient (Wildman–Crippen LogP) is 2.72. The van der Waals surface area contributed by atoms with Crippen molar-refractivity contribution >= 4 is 21.4 Å². The molecule has 2 fully saturated rings. The number of piperidine rings is 1. The third-order valence-electron chi connectivity index (χ3n) is 5.89. The van der Waals surface area contributed by atoms with Crippen LogP contribution < -0.4 is 14.8 Å². The first kappa shape index (κ1) is 21.6. The molecule has 8 nitrogen and oxygen atoms in total. The first-order valence-corrected chi connectivity index (χ1v) is 12.3. The number of nitrogens with zero attached hydrogens (tertiary/aromatic N) is 2. The van der Waals surface area contributed by atoms with E-state index in [0.29, 0.717) is 29.5 Å². The number of carbonyl (C=O) groups excluding carboxylic acids is 1. The molecule has 1 amide bonds. The van der Waals surface area contributed by atoms with Crippen LogP contribution in [0, 0.1) is 5.92 Å². The highest BCUT2D eigenvalue weighted by molar-refractivity contribution is 7.91. The molecule has 2 aromatic rings. The minimum absolute atomic E-state index is 0.0260. The van der Waals surface area contributed by atoms with Gasteiger partial charge in [-0.15, -0.1) is 0 Å². The Hall–Kier alpha value is -2.65. The molecule has 2 aliphatic heterocycles. The first-order valence-electron chi connectivity index (χ1n) is 10.5. The Morgan fingerprint density at radius 2 is 1.90 bits per heavy atom. The lowest BCUT2D eigenvalue weighted by Gasteiger charge is -2.34. The number of benzene rings is 1. The second-order valence-corrected chi connectivity index (χ2v) is 10.3. The molecule has 0 saturated carbocycles. The standard InChI is InChI=1S/C22H27N3O5S/c1-29-19-3-2-4-20(13-19)30-21-6-5-17(14-23-21)24-22(26)16-7-10-25(11-8-16)18-9-12-31(27,28)15-18/h2-6,13-14,16,18H,7-12,15H2,1H3,(H,24,26). The van der Waals surface area contributed by atoms with Crippen molar-refractivity contribution in [3.05, 3.63) is 42.6 Å². The Bertz CT molecular complexity index is 1020. The topological polar surface area (TPSA) is 97.8 Å². The number of aromatic nitrogens is 1. The monoisotopic (exact) mass is 445 g/mol. The largest absolute Gasteiger partial charge is 0.497 e. The summed E-state index contributed by atoms with van der Waals surface area (Å²) in [5, 5.41) is 2.93. The molecule has 9 heteroatoms. The minimum Gasteiger partial charge on any atom is -0.497 e. The number of pyridine rings is 1. The molecule has 1 atom stereocenters. The lowest BCUT2D eigenvalue weighted by Crippen LogP contribution is -2.44. The number of ether oxygens (including phenoxy) is 2. The van der Waals surface area contributed by atoms with Crippen LogP contribution in [0.15, 0.2) is 42.6 Å². The average Bonchev–Trinajstić information content (AvgIpc) is 3.15. The zero-order valence-electron chi connectivity index (χ0n) is 17.5. The van der Waals surface area contributed by atoms with Crippen LogP contribution in [0.4, 0.5) is 5.69 Å². The van der Waals surface area contributed by atoms with Crippen molar-refractivity contribution in [2.75, 3.05) is 37.0 Å². The highest BCUT2D eigenvalue weighted by Gasteiger charge is 2.35. The van der Waals surface area contributed by atoms with E-state index in [-0.39, 0.29) is 29.4 Å². The van der Waals surface area contributed by atoms with E-state index in [1.165, 1.54) is 0 Å². The maximum Gasteiger partial charge on any atom is 0.227 e. The molecule has 2 aliphatic rings. The first-order chi connectivity index (χ1) is 14.9. The van der Waals surface area contributed by atoms with Crippen molar-refractivity contribution in [1.82, 2.24) is 9.88 Å². The van der Waals surface area contributed by atoms with Crippen LogP contribution in [0.2, 0.25) is 0 Å². The zero-order chi connectivity index (χ0) is 21.8. The number of sulfone groups is 1. The molecule has 0 spiro atoms. The summed E-state index contributed by atoms with van der Waals surface area (Å²) in [6.45, 7) is 1.51. The highest BCUT2D eigenvalue weighted by atomic mass is 32.2. The van der Waals surface area contributed by atoms with Crippen molar-refractivity contribution in [3.63, 3.8) is 0 Å². The van der Waals surface area contributed by atoms with Gasteiger partial charge in [0.25, 0.3) is 0 Å². The molecule has 3 heterocycles. The summed E-state index contributed by atoms with van der Waals surface area (Å²) in [6.07, 6.45) is 3.74. The van der Waals surface area contributed by atoms with E-state index in [4.69, 9.17) is 9.47 Å². The normalized spacial score (nSPS) is 21.5. The number of nitrogens with one attached hydrogen (secondary N) is 1. The molecule has 1 aromatic heterocycles. The molecule has 166 valence electrons. The number of carbonyl (C=O) groups is 1. The Morgan fingerprint density at radius 1 is 1.13 bits per heavy atom. The summed E-state index contributed by atoms with van der Waals surface area (Å²) in [6, 6.07) is 10.8. The van der Waals surface area contributed by atoms with Gasteiger partial charge in [-0.1, -0.05) is 6.07 Å². The average molecular weight is 446 g/mol. The van der Waals surface area contributed by atoms with Crippen LogP contribution in [-0.2, 0) is 14.6 Å². The van der Waals surface area contributed by atoms with Gasteiger partial charge in [0.05, 0.1) is 30.5 Å². The van der Waals surface area contributed by atoms with Gasteiger partial charge in [-0.3, -0.25) is 9.69 Å².